The van der Waals surface area contributed by atoms with Crippen molar-refractivity contribution in [1.82, 2.24) is 9.88 Å². The average Bonchev–Trinajstić information content (AvgIpc) is 2.65. The molecule has 1 aromatic heterocycles. The second-order valence-corrected chi connectivity index (χ2v) is 7.52. The molecule has 5 nitrogen and oxygen atoms in total. The lowest BCUT2D eigenvalue weighted by Crippen LogP contribution is -2.34. The third-order valence-electron chi connectivity index (χ3n) is 2.96. The first-order chi connectivity index (χ1) is 8.69. The quantitative estimate of drug-likeness (QED) is 0.786. The van der Waals surface area contributed by atoms with Crippen molar-refractivity contribution < 1.29 is 12.9 Å². The van der Waals surface area contributed by atoms with Gasteiger partial charge in [0.15, 0.2) is 5.76 Å². The largest absolute Gasteiger partial charge is 0.360 e. The maximum atomic E-state index is 12.2. The normalized spacial score (nSPS) is 12.9. The molecule has 0 fully saturated rings. The van der Waals surface area contributed by atoms with E-state index in [1.807, 2.05) is 13.8 Å². The van der Waals surface area contributed by atoms with E-state index >= 15 is 0 Å². The fourth-order valence-electron chi connectivity index (χ4n) is 1.85. The molecule has 0 aliphatic rings. The van der Waals surface area contributed by atoms with Crippen LogP contribution < -0.4 is 4.72 Å². The van der Waals surface area contributed by atoms with Crippen molar-refractivity contribution in [3.05, 3.63) is 11.5 Å². The van der Waals surface area contributed by atoms with E-state index in [1.165, 1.54) is 0 Å². The highest BCUT2D eigenvalue weighted by atomic mass is 35.5. The van der Waals surface area contributed by atoms with Gasteiger partial charge in [-0.25, -0.2) is 13.1 Å². The number of halogens is 1. The fourth-order valence-corrected chi connectivity index (χ4v) is 3.56. The Hall–Kier alpha value is -0.590. The molecule has 0 aromatic carbocycles. The van der Waals surface area contributed by atoms with Crippen LogP contribution in [0.4, 0.5) is 0 Å². The third kappa shape index (κ3) is 4.47. The number of hydrogen-bond donors (Lipinski definition) is 1. The molecule has 0 aliphatic carbocycles. The average molecular weight is 309 g/mol. The topological polar surface area (TPSA) is 72.2 Å². The maximum Gasteiger partial charge on any atom is 0.245 e. The number of sulfonamides is 1. The minimum Gasteiger partial charge on any atom is -0.360 e. The van der Waals surface area contributed by atoms with Crippen LogP contribution in [-0.2, 0) is 10.0 Å². The van der Waals surface area contributed by atoms with Crippen LogP contribution >= 0.6 is 11.6 Å². The molecule has 0 aliphatic heterocycles. The Labute approximate surface area is 119 Å². The van der Waals surface area contributed by atoms with Crippen LogP contribution in [0.2, 0.25) is 0 Å². The Morgan fingerprint density at radius 1 is 1.37 bits per heavy atom. The zero-order valence-corrected chi connectivity index (χ0v) is 13.4. The summed E-state index contributed by atoms with van der Waals surface area (Å²) < 4.78 is 31.9. The number of hydrogen-bond acceptors (Lipinski definition) is 4. The lowest BCUT2D eigenvalue weighted by molar-refractivity contribution is 0.331. The zero-order chi connectivity index (χ0) is 14.7. The van der Waals surface area contributed by atoms with Crippen molar-refractivity contribution >= 4 is 21.6 Å². The summed E-state index contributed by atoms with van der Waals surface area (Å²) in [4.78, 5) is 0.139. The van der Waals surface area contributed by atoms with Gasteiger partial charge in [-0.15, -0.1) is 11.6 Å². The van der Waals surface area contributed by atoms with E-state index in [9.17, 15) is 8.42 Å². The van der Waals surface area contributed by atoms with Gasteiger partial charge in [0.05, 0.1) is 0 Å². The molecular weight excluding hydrogens is 288 g/mol. The highest BCUT2D eigenvalue weighted by molar-refractivity contribution is 7.89. The summed E-state index contributed by atoms with van der Waals surface area (Å²) in [7, 11) is -3.58. The number of aryl methyl sites for hydroxylation is 2. The van der Waals surface area contributed by atoms with Crippen LogP contribution in [0.3, 0.4) is 0 Å². The molecule has 1 N–H and O–H groups in total. The van der Waals surface area contributed by atoms with E-state index in [0.717, 1.165) is 12.8 Å². The summed E-state index contributed by atoms with van der Waals surface area (Å²) in [5.41, 5.74) is 0.240. The molecule has 1 rings (SSSR count). The minimum absolute atomic E-state index is 0.138. The van der Waals surface area contributed by atoms with E-state index in [1.54, 1.807) is 13.8 Å². The Balaban J connectivity index is 2.77. The third-order valence-corrected chi connectivity index (χ3v) is 4.88. The van der Waals surface area contributed by atoms with Crippen LogP contribution in [0.25, 0.3) is 0 Å². The zero-order valence-electron chi connectivity index (χ0n) is 11.8. The summed E-state index contributed by atoms with van der Waals surface area (Å²) in [6.07, 6.45) is 1.72. The highest BCUT2D eigenvalue weighted by Crippen LogP contribution is 2.24. The predicted octanol–water partition coefficient (Wildman–Crippen LogP) is 2.61. The number of rotatable bonds is 7. The van der Waals surface area contributed by atoms with Gasteiger partial charge in [0.2, 0.25) is 10.0 Å². The summed E-state index contributed by atoms with van der Waals surface area (Å²) >= 11 is 5.66. The van der Waals surface area contributed by atoms with Crippen molar-refractivity contribution in [2.24, 2.45) is 5.41 Å². The summed E-state index contributed by atoms with van der Waals surface area (Å²) in [5, 5.41) is 3.66. The van der Waals surface area contributed by atoms with Gasteiger partial charge in [-0.1, -0.05) is 19.0 Å². The van der Waals surface area contributed by atoms with Crippen LogP contribution in [0.1, 0.15) is 38.1 Å². The molecule has 0 saturated heterocycles. The van der Waals surface area contributed by atoms with Gasteiger partial charge in [0, 0.05) is 12.4 Å². The molecule has 1 aromatic rings. The Morgan fingerprint density at radius 2 is 2.00 bits per heavy atom. The van der Waals surface area contributed by atoms with Crippen LogP contribution in [0.5, 0.6) is 0 Å². The molecular formula is C12H21ClN2O3S. The lowest BCUT2D eigenvalue weighted by atomic mass is 9.88. The molecule has 0 amide bonds. The lowest BCUT2D eigenvalue weighted by Gasteiger charge is -2.24. The predicted molar refractivity (Wildman–Crippen MR) is 74.9 cm³/mol. The molecule has 1 heterocycles. The molecule has 19 heavy (non-hydrogen) atoms. The van der Waals surface area contributed by atoms with Gasteiger partial charge in [-0.3, -0.25) is 0 Å². The van der Waals surface area contributed by atoms with Gasteiger partial charge in [-0.05, 0) is 32.1 Å². The Kier molecular flexibility index (Phi) is 5.41. The molecule has 0 bridgehead atoms. The number of nitrogens with zero attached hydrogens (tertiary/aromatic N) is 1. The van der Waals surface area contributed by atoms with E-state index in [4.69, 9.17) is 16.1 Å². The van der Waals surface area contributed by atoms with Crippen molar-refractivity contribution in [2.45, 2.75) is 45.4 Å². The van der Waals surface area contributed by atoms with E-state index in [2.05, 4.69) is 9.88 Å². The molecule has 7 heteroatoms. The maximum absolute atomic E-state index is 12.2. The minimum atomic E-state index is -3.58. The van der Waals surface area contributed by atoms with Gasteiger partial charge in [0.25, 0.3) is 0 Å². The van der Waals surface area contributed by atoms with Crippen LogP contribution in [0, 0.1) is 19.3 Å². The summed E-state index contributed by atoms with van der Waals surface area (Å²) in [6.45, 7) is 7.58. The Bertz CT molecular complexity index is 504. The molecule has 0 unspecified atom stereocenters. The first kappa shape index (κ1) is 16.5. The van der Waals surface area contributed by atoms with E-state index in [0.29, 0.717) is 23.9 Å². The van der Waals surface area contributed by atoms with Crippen molar-refractivity contribution in [1.29, 1.82) is 0 Å². The second-order valence-electron chi connectivity index (χ2n) is 5.43. The first-order valence-electron chi connectivity index (χ1n) is 6.18. The van der Waals surface area contributed by atoms with Gasteiger partial charge >= 0.3 is 0 Å². The molecule has 0 saturated carbocycles. The van der Waals surface area contributed by atoms with Crippen molar-refractivity contribution in [3.8, 4) is 0 Å². The molecule has 0 radical (unpaired) electrons. The summed E-state index contributed by atoms with van der Waals surface area (Å²) in [5.74, 6) is 0.892. The first-order valence-corrected chi connectivity index (χ1v) is 8.20. The summed E-state index contributed by atoms with van der Waals surface area (Å²) in [6, 6.07) is 0. The van der Waals surface area contributed by atoms with Crippen LogP contribution in [0.15, 0.2) is 9.42 Å². The molecule has 0 spiro atoms. The smallest absolute Gasteiger partial charge is 0.245 e. The van der Waals surface area contributed by atoms with E-state index in [-0.39, 0.29) is 10.3 Å². The Morgan fingerprint density at radius 3 is 2.47 bits per heavy atom. The molecule has 0 atom stereocenters. The standard InChI is InChI=1S/C12H21ClN2O3S/c1-9-11(10(2)18-15-9)19(16,17)14-8-12(3,4)6-5-7-13/h14H,5-8H2,1-4H3. The van der Waals surface area contributed by atoms with E-state index < -0.39 is 10.0 Å². The monoisotopic (exact) mass is 308 g/mol. The molecule has 110 valence electrons. The van der Waals surface area contributed by atoms with Gasteiger partial charge < -0.3 is 4.52 Å². The van der Waals surface area contributed by atoms with Crippen LogP contribution in [-0.4, -0.2) is 26.0 Å². The van der Waals surface area contributed by atoms with Gasteiger partial charge in [0.1, 0.15) is 10.6 Å². The number of alkyl halides is 1. The number of aromatic nitrogens is 1. The fraction of sp³-hybridized carbons (Fsp3) is 0.750. The second kappa shape index (κ2) is 6.24. The van der Waals surface area contributed by atoms with Crippen molar-refractivity contribution in [2.75, 3.05) is 12.4 Å². The highest BCUT2D eigenvalue weighted by Gasteiger charge is 2.27. The number of nitrogens with one attached hydrogen (secondary N) is 1. The van der Waals surface area contributed by atoms with Gasteiger partial charge in [-0.2, -0.15) is 0 Å². The SMILES string of the molecule is Cc1noc(C)c1S(=O)(=O)NCC(C)(C)CCCCl. The van der Waals surface area contributed by atoms with Crippen molar-refractivity contribution in [3.63, 3.8) is 0 Å².